The fourth-order valence-electron chi connectivity index (χ4n) is 1.21. The molecule has 0 aliphatic heterocycles. The SMILES string of the molecule is COC(=O)CC(C)SCc1noc(C(C)(C)C)n1. The van der Waals surface area contributed by atoms with E-state index < -0.39 is 0 Å². The number of rotatable bonds is 5. The average Bonchev–Trinajstić information content (AvgIpc) is 2.74. The Labute approximate surface area is 112 Å². The minimum atomic E-state index is -0.196. The van der Waals surface area contributed by atoms with Crippen molar-refractivity contribution < 1.29 is 14.1 Å². The second kappa shape index (κ2) is 6.22. The molecule has 1 rings (SSSR count). The normalized spacial score (nSPS) is 13.4. The Bertz CT molecular complexity index is 398. The molecule has 0 aromatic carbocycles. The van der Waals surface area contributed by atoms with Crippen LogP contribution in [0.3, 0.4) is 0 Å². The number of esters is 1. The smallest absolute Gasteiger partial charge is 0.306 e. The van der Waals surface area contributed by atoms with Crippen LogP contribution in [0.4, 0.5) is 0 Å². The van der Waals surface area contributed by atoms with Crippen LogP contribution in [0.25, 0.3) is 0 Å². The van der Waals surface area contributed by atoms with Gasteiger partial charge in [-0.05, 0) is 0 Å². The van der Waals surface area contributed by atoms with Gasteiger partial charge in [0.2, 0.25) is 5.89 Å². The van der Waals surface area contributed by atoms with Crippen molar-refractivity contribution in [3.63, 3.8) is 0 Å². The molecule has 0 saturated heterocycles. The Morgan fingerprint density at radius 2 is 2.17 bits per heavy atom. The topological polar surface area (TPSA) is 65.2 Å². The van der Waals surface area contributed by atoms with Gasteiger partial charge in [0.05, 0.1) is 19.3 Å². The highest BCUT2D eigenvalue weighted by Crippen LogP contribution is 2.23. The zero-order chi connectivity index (χ0) is 13.8. The first-order chi connectivity index (χ1) is 8.32. The third-order valence-corrected chi connectivity index (χ3v) is 3.45. The lowest BCUT2D eigenvalue weighted by atomic mass is 9.97. The lowest BCUT2D eigenvalue weighted by Crippen LogP contribution is -2.11. The van der Waals surface area contributed by atoms with Gasteiger partial charge in [-0.15, -0.1) is 11.8 Å². The third-order valence-electron chi connectivity index (χ3n) is 2.29. The molecule has 1 unspecified atom stereocenters. The molecule has 102 valence electrons. The Hall–Kier alpha value is -1.04. The summed E-state index contributed by atoms with van der Waals surface area (Å²) < 4.78 is 9.82. The maximum atomic E-state index is 11.1. The second-order valence-electron chi connectivity index (χ2n) is 5.17. The molecule has 1 atom stereocenters. The van der Waals surface area contributed by atoms with Gasteiger partial charge >= 0.3 is 5.97 Å². The minimum absolute atomic E-state index is 0.131. The molecule has 1 heterocycles. The Morgan fingerprint density at radius 3 is 2.67 bits per heavy atom. The largest absolute Gasteiger partial charge is 0.469 e. The van der Waals surface area contributed by atoms with Crippen LogP contribution in [-0.2, 0) is 20.7 Å². The summed E-state index contributed by atoms with van der Waals surface area (Å²) in [6.45, 7) is 8.05. The summed E-state index contributed by atoms with van der Waals surface area (Å²) in [5.74, 6) is 1.75. The number of ether oxygens (including phenoxy) is 1. The molecule has 6 heteroatoms. The first-order valence-electron chi connectivity index (χ1n) is 5.84. The maximum Gasteiger partial charge on any atom is 0.306 e. The fraction of sp³-hybridized carbons (Fsp3) is 0.750. The molecule has 0 aliphatic rings. The molecule has 18 heavy (non-hydrogen) atoms. The number of nitrogens with zero attached hydrogens (tertiary/aromatic N) is 2. The van der Waals surface area contributed by atoms with Crippen LogP contribution in [0.15, 0.2) is 4.52 Å². The summed E-state index contributed by atoms with van der Waals surface area (Å²) in [4.78, 5) is 15.4. The molecule has 0 fully saturated rings. The molecule has 1 aromatic rings. The predicted molar refractivity (Wildman–Crippen MR) is 70.4 cm³/mol. The van der Waals surface area contributed by atoms with Crippen LogP contribution >= 0.6 is 11.8 Å². The van der Waals surface area contributed by atoms with E-state index in [4.69, 9.17) is 4.52 Å². The van der Waals surface area contributed by atoms with Gasteiger partial charge in [-0.2, -0.15) is 4.98 Å². The van der Waals surface area contributed by atoms with Gasteiger partial charge in [-0.1, -0.05) is 32.9 Å². The van der Waals surface area contributed by atoms with Crippen molar-refractivity contribution in [3.05, 3.63) is 11.7 Å². The van der Waals surface area contributed by atoms with Crippen LogP contribution in [0.5, 0.6) is 0 Å². The van der Waals surface area contributed by atoms with Crippen LogP contribution < -0.4 is 0 Å². The molecule has 5 nitrogen and oxygen atoms in total. The molecule has 1 aromatic heterocycles. The summed E-state index contributed by atoms with van der Waals surface area (Å²) in [5, 5.41) is 4.11. The number of aromatic nitrogens is 2. The molecule has 0 spiro atoms. The number of hydrogen-bond donors (Lipinski definition) is 0. The average molecular weight is 272 g/mol. The highest BCUT2D eigenvalue weighted by atomic mass is 32.2. The first kappa shape index (κ1) is 15.0. The number of carbonyl (C=O) groups excluding carboxylic acids is 1. The summed E-state index contributed by atoms with van der Waals surface area (Å²) in [5.41, 5.74) is -0.131. The predicted octanol–water partition coefficient (Wildman–Crippen LogP) is 2.55. The quantitative estimate of drug-likeness (QED) is 0.767. The van der Waals surface area contributed by atoms with Crippen molar-refractivity contribution in [2.45, 2.75) is 50.5 Å². The third kappa shape index (κ3) is 4.68. The second-order valence-corrected chi connectivity index (χ2v) is 6.59. The summed E-state index contributed by atoms with van der Waals surface area (Å²) in [6, 6.07) is 0. The van der Waals surface area contributed by atoms with Gasteiger partial charge in [-0.25, -0.2) is 0 Å². The molecule has 0 bridgehead atoms. The zero-order valence-corrected chi connectivity index (χ0v) is 12.3. The van der Waals surface area contributed by atoms with E-state index in [-0.39, 0.29) is 16.6 Å². The van der Waals surface area contributed by atoms with E-state index in [1.54, 1.807) is 11.8 Å². The number of carbonyl (C=O) groups is 1. The molecular weight excluding hydrogens is 252 g/mol. The van der Waals surface area contributed by atoms with Gasteiger partial charge < -0.3 is 9.26 Å². The van der Waals surface area contributed by atoms with Gasteiger partial charge in [-0.3, -0.25) is 4.79 Å². The van der Waals surface area contributed by atoms with Crippen molar-refractivity contribution >= 4 is 17.7 Å². The number of thioether (sulfide) groups is 1. The standard InChI is InChI=1S/C12H20N2O3S/c1-8(6-10(15)16-5)18-7-9-13-11(17-14-9)12(2,3)4/h8H,6-7H2,1-5H3. The van der Waals surface area contributed by atoms with E-state index in [2.05, 4.69) is 14.9 Å². The highest BCUT2D eigenvalue weighted by Gasteiger charge is 2.22. The van der Waals surface area contributed by atoms with E-state index in [0.29, 0.717) is 23.9 Å². The van der Waals surface area contributed by atoms with Crippen LogP contribution in [0, 0.1) is 0 Å². The molecule has 0 radical (unpaired) electrons. The van der Waals surface area contributed by atoms with Crippen LogP contribution in [-0.4, -0.2) is 28.5 Å². The van der Waals surface area contributed by atoms with E-state index in [0.717, 1.165) is 0 Å². The van der Waals surface area contributed by atoms with E-state index in [1.807, 2.05) is 27.7 Å². The molecule has 0 N–H and O–H groups in total. The van der Waals surface area contributed by atoms with Crippen molar-refractivity contribution in [1.82, 2.24) is 10.1 Å². The lowest BCUT2D eigenvalue weighted by molar-refractivity contribution is -0.140. The van der Waals surface area contributed by atoms with Gasteiger partial charge in [0.25, 0.3) is 0 Å². The van der Waals surface area contributed by atoms with Gasteiger partial charge in [0.15, 0.2) is 5.82 Å². The van der Waals surface area contributed by atoms with Crippen molar-refractivity contribution in [3.8, 4) is 0 Å². The molecule has 0 saturated carbocycles. The lowest BCUT2D eigenvalue weighted by Gasteiger charge is -2.10. The number of methoxy groups -OCH3 is 1. The van der Waals surface area contributed by atoms with Crippen molar-refractivity contribution in [1.29, 1.82) is 0 Å². The maximum absolute atomic E-state index is 11.1. The fourth-order valence-corrected chi connectivity index (χ4v) is 2.02. The van der Waals surface area contributed by atoms with Gasteiger partial charge in [0.1, 0.15) is 0 Å². The summed E-state index contributed by atoms with van der Waals surface area (Å²) in [6.07, 6.45) is 0.394. The van der Waals surface area contributed by atoms with E-state index >= 15 is 0 Å². The zero-order valence-electron chi connectivity index (χ0n) is 11.5. The highest BCUT2D eigenvalue weighted by molar-refractivity contribution is 7.99. The minimum Gasteiger partial charge on any atom is -0.469 e. The Balaban J connectivity index is 2.44. The van der Waals surface area contributed by atoms with E-state index in [9.17, 15) is 4.79 Å². The summed E-state index contributed by atoms with van der Waals surface area (Å²) >= 11 is 1.61. The molecule has 0 aliphatic carbocycles. The summed E-state index contributed by atoms with van der Waals surface area (Å²) in [7, 11) is 1.40. The monoisotopic (exact) mass is 272 g/mol. The van der Waals surface area contributed by atoms with Gasteiger partial charge in [0, 0.05) is 10.7 Å². The Morgan fingerprint density at radius 1 is 1.50 bits per heavy atom. The van der Waals surface area contributed by atoms with Crippen LogP contribution in [0.2, 0.25) is 0 Å². The molecule has 0 amide bonds. The Kier molecular flexibility index (Phi) is 5.19. The number of hydrogen-bond acceptors (Lipinski definition) is 6. The van der Waals surface area contributed by atoms with Crippen molar-refractivity contribution in [2.24, 2.45) is 0 Å². The van der Waals surface area contributed by atoms with Crippen LogP contribution in [0.1, 0.15) is 45.8 Å². The first-order valence-corrected chi connectivity index (χ1v) is 6.89. The van der Waals surface area contributed by atoms with E-state index in [1.165, 1.54) is 7.11 Å². The van der Waals surface area contributed by atoms with Crippen molar-refractivity contribution in [2.75, 3.05) is 7.11 Å². The molecular formula is C12H20N2O3S.